The number of thiophene rings is 1. The van der Waals surface area contributed by atoms with Crippen molar-refractivity contribution in [3.63, 3.8) is 0 Å². The first-order valence-electron chi connectivity index (χ1n) is 9.25. The Morgan fingerprint density at radius 3 is 2.52 bits per heavy atom. The lowest BCUT2D eigenvalue weighted by Crippen LogP contribution is -2.25. The van der Waals surface area contributed by atoms with Crippen LogP contribution in [-0.2, 0) is 4.79 Å². The Labute approximate surface area is 176 Å². The number of nitrogens with one attached hydrogen (secondary N) is 2. The summed E-state index contributed by atoms with van der Waals surface area (Å²) in [4.78, 5) is 33.6. The van der Waals surface area contributed by atoms with E-state index in [1.807, 2.05) is 73.0 Å². The highest BCUT2D eigenvalue weighted by atomic mass is 32.2. The van der Waals surface area contributed by atoms with Crippen molar-refractivity contribution in [1.82, 2.24) is 9.97 Å². The molecule has 2 aromatic carbocycles. The molecule has 29 heavy (non-hydrogen) atoms. The number of benzene rings is 2. The number of fused-ring (bicyclic) bond motifs is 1. The smallest absolute Gasteiger partial charge is 0.260 e. The average Bonchev–Trinajstić information content (AvgIpc) is 3.18. The predicted octanol–water partition coefficient (Wildman–Crippen LogP) is 5.16. The second-order valence-electron chi connectivity index (χ2n) is 6.44. The summed E-state index contributed by atoms with van der Waals surface area (Å²) >= 11 is 2.72. The maximum atomic E-state index is 12.8. The minimum Gasteiger partial charge on any atom is -0.325 e. The lowest BCUT2D eigenvalue weighted by atomic mass is 10.1. The van der Waals surface area contributed by atoms with Gasteiger partial charge in [-0.3, -0.25) is 9.59 Å². The van der Waals surface area contributed by atoms with E-state index in [0.29, 0.717) is 21.8 Å². The van der Waals surface area contributed by atoms with Gasteiger partial charge in [0.15, 0.2) is 5.16 Å². The van der Waals surface area contributed by atoms with E-state index in [-0.39, 0.29) is 16.7 Å². The zero-order valence-electron chi connectivity index (χ0n) is 15.7. The van der Waals surface area contributed by atoms with E-state index in [0.717, 1.165) is 16.8 Å². The molecular weight excluding hydrogens is 402 g/mol. The van der Waals surface area contributed by atoms with E-state index in [4.69, 9.17) is 0 Å². The normalized spacial score (nSPS) is 12.0. The number of thioether (sulfide) groups is 1. The number of amides is 1. The summed E-state index contributed by atoms with van der Waals surface area (Å²) in [5.41, 5.74) is 2.43. The fourth-order valence-electron chi connectivity index (χ4n) is 3.02. The number of rotatable bonds is 6. The highest BCUT2D eigenvalue weighted by molar-refractivity contribution is 8.00. The molecule has 2 heterocycles. The summed E-state index contributed by atoms with van der Waals surface area (Å²) in [5.74, 6) is -0.109. The van der Waals surface area contributed by atoms with Gasteiger partial charge in [0.05, 0.1) is 10.6 Å². The van der Waals surface area contributed by atoms with Crippen molar-refractivity contribution in [2.24, 2.45) is 0 Å². The molecular formula is C22H19N3O2S2. The number of hydrogen-bond acceptors (Lipinski definition) is 5. The molecule has 146 valence electrons. The van der Waals surface area contributed by atoms with Crippen LogP contribution >= 0.6 is 23.1 Å². The van der Waals surface area contributed by atoms with Crippen LogP contribution in [0.15, 0.2) is 76.0 Å². The Kier molecular flexibility index (Phi) is 5.78. The molecule has 0 saturated heterocycles. The van der Waals surface area contributed by atoms with Crippen molar-refractivity contribution in [1.29, 1.82) is 0 Å². The number of carbonyl (C=O) groups excluding carboxylic acids is 1. The number of anilines is 1. The van der Waals surface area contributed by atoms with E-state index in [9.17, 15) is 9.59 Å². The fourth-order valence-corrected chi connectivity index (χ4v) is 4.92. The van der Waals surface area contributed by atoms with Crippen LogP contribution in [0.5, 0.6) is 0 Å². The Hall–Kier alpha value is -2.90. The molecule has 2 N–H and O–H groups in total. The third-order valence-electron chi connectivity index (χ3n) is 4.47. The zero-order valence-corrected chi connectivity index (χ0v) is 17.3. The highest BCUT2D eigenvalue weighted by Crippen LogP contribution is 2.32. The van der Waals surface area contributed by atoms with E-state index < -0.39 is 0 Å². The predicted molar refractivity (Wildman–Crippen MR) is 121 cm³/mol. The van der Waals surface area contributed by atoms with Crippen LogP contribution in [0.2, 0.25) is 0 Å². The number of aromatic nitrogens is 2. The van der Waals surface area contributed by atoms with Gasteiger partial charge in [0.1, 0.15) is 4.83 Å². The van der Waals surface area contributed by atoms with Crippen molar-refractivity contribution >= 4 is 44.9 Å². The lowest BCUT2D eigenvalue weighted by Gasteiger charge is -2.14. The Bertz CT molecular complexity index is 1190. The van der Waals surface area contributed by atoms with Gasteiger partial charge in [0.25, 0.3) is 5.56 Å². The first kappa shape index (κ1) is 19.4. The third kappa shape index (κ3) is 4.26. The summed E-state index contributed by atoms with van der Waals surface area (Å²) in [6, 6.07) is 19.1. The molecule has 0 radical (unpaired) electrons. The van der Waals surface area contributed by atoms with Gasteiger partial charge < -0.3 is 10.3 Å². The summed E-state index contributed by atoms with van der Waals surface area (Å²) in [6.45, 7) is 1.94. The molecule has 0 aliphatic carbocycles. The van der Waals surface area contributed by atoms with Crippen molar-refractivity contribution < 1.29 is 4.79 Å². The maximum absolute atomic E-state index is 12.8. The molecule has 0 fully saturated rings. The summed E-state index contributed by atoms with van der Waals surface area (Å²) in [7, 11) is 0. The number of hydrogen-bond donors (Lipinski definition) is 2. The molecule has 1 atom stereocenters. The standard InChI is InChI=1S/C22H19N3O2S2/c1-2-17(19(26)23-15-11-7-4-8-12-15)29-22-24-20(27)18-16(13-28-21(18)25-22)14-9-5-3-6-10-14/h3-13,17H,2H2,1H3,(H,23,26)(H,24,25,27). The van der Waals surface area contributed by atoms with Crippen molar-refractivity contribution in [3.8, 4) is 11.1 Å². The number of para-hydroxylation sites is 1. The molecule has 1 unspecified atom stereocenters. The van der Waals surface area contributed by atoms with E-state index >= 15 is 0 Å². The molecule has 7 heteroatoms. The number of H-pyrrole nitrogens is 1. The lowest BCUT2D eigenvalue weighted by molar-refractivity contribution is -0.115. The van der Waals surface area contributed by atoms with Crippen LogP contribution in [0.25, 0.3) is 21.3 Å². The molecule has 0 aliphatic heterocycles. The van der Waals surface area contributed by atoms with Gasteiger partial charge in [-0.1, -0.05) is 67.2 Å². The van der Waals surface area contributed by atoms with Gasteiger partial charge in [-0.15, -0.1) is 11.3 Å². The quantitative estimate of drug-likeness (QED) is 0.333. The largest absolute Gasteiger partial charge is 0.325 e. The third-order valence-corrected chi connectivity index (χ3v) is 6.59. The second kappa shape index (κ2) is 8.63. The topological polar surface area (TPSA) is 74.8 Å². The first-order chi connectivity index (χ1) is 14.2. The average molecular weight is 422 g/mol. The molecule has 4 rings (SSSR count). The zero-order chi connectivity index (χ0) is 20.2. The molecule has 0 aliphatic rings. The monoisotopic (exact) mass is 421 g/mol. The second-order valence-corrected chi connectivity index (χ2v) is 8.49. The molecule has 0 saturated carbocycles. The highest BCUT2D eigenvalue weighted by Gasteiger charge is 2.21. The maximum Gasteiger partial charge on any atom is 0.260 e. The van der Waals surface area contributed by atoms with Gasteiger partial charge in [-0.2, -0.15) is 0 Å². The minimum atomic E-state index is -0.357. The Morgan fingerprint density at radius 2 is 1.83 bits per heavy atom. The fraction of sp³-hybridized carbons (Fsp3) is 0.136. The van der Waals surface area contributed by atoms with Gasteiger partial charge in [0, 0.05) is 16.6 Å². The van der Waals surface area contributed by atoms with Crippen molar-refractivity contribution in [2.45, 2.75) is 23.8 Å². The van der Waals surface area contributed by atoms with Gasteiger partial charge >= 0.3 is 0 Å². The van der Waals surface area contributed by atoms with E-state index in [2.05, 4.69) is 15.3 Å². The molecule has 5 nitrogen and oxygen atoms in total. The Morgan fingerprint density at radius 1 is 1.14 bits per heavy atom. The number of nitrogens with zero attached hydrogens (tertiary/aromatic N) is 1. The van der Waals surface area contributed by atoms with Gasteiger partial charge in [-0.05, 0) is 24.1 Å². The van der Waals surface area contributed by atoms with Crippen LogP contribution in [0, 0.1) is 0 Å². The van der Waals surface area contributed by atoms with Gasteiger partial charge in [0.2, 0.25) is 5.91 Å². The van der Waals surface area contributed by atoms with Crippen LogP contribution in [0.1, 0.15) is 13.3 Å². The SMILES string of the molecule is CCC(Sc1nc2scc(-c3ccccc3)c2c(=O)[nH]1)C(=O)Nc1ccccc1. The molecule has 1 amide bonds. The van der Waals surface area contributed by atoms with Crippen LogP contribution < -0.4 is 10.9 Å². The summed E-state index contributed by atoms with van der Waals surface area (Å²) in [6.07, 6.45) is 0.616. The summed E-state index contributed by atoms with van der Waals surface area (Å²) in [5, 5.41) is 5.56. The number of carbonyl (C=O) groups is 1. The van der Waals surface area contributed by atoms with Crippen LogP contribution in [0.4, 0.5) is 5.69 Å². The van der Waals surface area contributed by atoms with Crippen molar-refractivity contribution in [3.05, 3.63) is 76.4 Å². The van der Waals surface area contributed by atoms with Crippen LogP contribution in [-0.4, -0.2) is 21.1 Å². The number of aromatic amines is 1. The summed E-state index contributed by atoms with van der Waals surface area (Å²) < 4.78 is 0. The molecule has 2 aromatic heterocycles. The Balaban J connectivity index is 1.59. The van der Waals surface area contributed by atoms with Gasteiger partial charge in [-0.25, -0.2) is 4.98 Å². The molecule has 0 bridgehead atoms. The molecule has 4 aromatic rings. The minimum absolute atomic E-state index is 0.109. The van der Waals surface area contributed by atoms with E-state index in [1.54, 1.807) is 0 Å². The van der Waals surface area contributed by atoms with Crippen LogP contribution in [0.3, 0.4) is 0 Å². The van der Waals surface area contributed by atoms with E-state index in [1.165, 1.54) is 23.1 Å². The van der Waals surface area contributed by atoms with Crippen molar-refractivity contribution in [2.75, 3.05) is 5.32 Å². The first-order valence-corrected chi connectivity index (χ1v) is 11.0. The molecule has 0 spiro atoms.